The molecule has 3 rings (SSSR count). The minimum atomic E-state index is -0.126. The maximum atomic E-state index is 13.0. The number of carbonyl (C=O) groups is 2. The maximum Gasteiger partial charge on any atom is 0.228 e. The van der Waals surface area contributed by atoms with Crippen LogP contribution in [0.2, 0.25) is 0 Å². The van der Waals surface area contributed by atoms with E-state index in [1.54, 1.807) is 11.9 Å². The molecule has 2 amide bonds. The van der Waals surface area contributed by atoms with E-state index in [-0.39, 0.29) is 17.7 Å². The fourth-order valence-electron chi connectivity index (χ4n) is 3.97. The molecule has 2 unspecified atom stereocenters. The number of likely N-dealkylation sites (tertiary alicyclic amines) is 2. The van der Waals surface area contributed by atoms with Crippen molar-refractivity contribution in [2.45, 2.75) is 38.1 Å². The van der Waals surface area contributed by atoms with Gasteiger partial charge in [0.2, 0.25) is 11.8 Å². The van der Waals surface area contributed by atoms with Crippen LogP contribution in [0, 0.1) is 5.92 Å². The third kappa shape index (κ3) is 4.21. The van der Waals surface area contributed by atoms with E-state index < -0.39 is 0 Å². The first-order chi connectivity index (χ1) is 11.1. The summed E-state index contributed by atoms with van der Waals surface area (Å²) in [7, 11) is 1.80. The summed E-state index contributed by atoms with van der Waals surface area (Å²) in [6.07, 6.45) is 5.39. The van der Waals surface area contributed by atoms with Crippen molar-refractivity contribution in [2.24, 2.45) is 5.92 Å². The topological polar surface area (TPSA) is 43.9 Å². The van der Waals surface area contributed by atoms with Gasteiger partial charge in [0, 0.05) is 38.9 Å². The van der Waals surface area contributed by atoms with Crippen molar-refractivity contribution in [1.29, 1.82) is 0 Å². The lowest BCUT2D eigenvalue weighted by Gasteiger charge is -2.36. The van der Waals surface area contributed by atoms with Crippen molar-refractivity contribution >= 4 is 23.6 Å². The molecule has 0 saturated carbocycles. The van der Waals surface area contributed by atoms with Crippen LogP contribution in [-0.4, -0.2) is 83.8 Å². The highest BCUT2D eigenvalue weighted by Crippen LogP contribution is 2.24. The molecule has 3 saturated heterocycles. The number of nitrogens with zero attached hydrogens (tertiary/aromatic N) is 3. The Morgan fingerprint density at radius 3 is 2.65 bits per heavy atom. The van der Waals surface area contributed by atoms with Crippen LogP contribution in [0.5, 0.6) is 0 Å². The number of piperidine rings is 1. The van der Waals surface area contributed by atoms with E-state index in [2.05, 4.69) is 9.80 Å². The first-order valence-corrected chi connectivity index (χ1v) is 10.1. The average Bonchev–Trinajstić information content (AvgIpc) is 2.75. The Bertz CT molecular complexity index is 440. The summed E-state index contributed by atoms with van der Waals surface area (Å²) in [6.45, 7) is 4.81. The first kappa shape index (κ1) is 17.1. The molecule has 0 aromatic heterocycles. The molecule has 6 heteroatoms. The Labute approximate surface area is 143 Å². The van der Waals surface area contributed by atoms with Gasteiger partial charge < -0.3 is 14.7 Å². The smallest absolute Gasteiger partial charge is 0.228 e. The molecule has 3 aliphatic heterocycles. The maximum absolute atomic E-state index is 13.0. The molecule has 0 aromatic carbocycles. The van der Waals surface area contributed by atoms with Gasteiger partial charge in [0.15, 0.2) is 0 Å². The van der Waals surface area contributed by atoms with Crippen molar-refractivity contribution in [2.75, 3.05) is 51.3 Å². The van der Waals surface area contributed by atoms with Gasteiger partial charge in [-0.15, -0.1) is 0 Å². The van der Waals surface area contributed by atoms with E-state index in [1.807, 2.05) is 11.8 Å². The quantitative estimate of drug-likeness (QED) is 0.777. The monoisotopic (exact) mass is 339 g/mol. The van der Waals surface area contributed by atoms with Crippen LogP contribution in [0.1, 0.15) is 32.1 Å². The van der Waals surface area contributed by atoms with E-state index in [9.17, 15) is 9.59 Å². The minimum absolute atomic E-state index is 0.111. The Kier molecular flexibility index (Phi) is 5.85. The summed E-state index contributed by atoms with van der Waals surface area (Å²) in [4.78, 5) is 31.2. The van der Waals surface area contributed by atoms with Gasteiger partial charge in [-0.05, 0) is 38.1 Å². The lowest BCUT2D eigenvalue weighted by Crippen LogP contribution is -2.51. The molecule has 0 radical (unpaired) electrons. The molecule has 5 nitrogen and oxygen atoms in total. The molecular formula is C17H29N3O2S. The summed E-state index contributed by atoms with van der Waals surface area (Å²) in [5.74, 6) is 2.38. The van der Waals surface area contributed by atoms with Crippen molar-refractivity contribution in [1.82, 2.24) is 14.7 Å². The van der Waals surface area contributed by atoms with Crippen LogP contribution in [0.15, 0.2) is 0 Å². The number of hydrogen-bond acceptors (Lipinski definition) is 4. The standard InChI is InChI=1S/C17H29N3O2S/c1-18-11-14(10-16(18)21)17(22)20-8-5-9-23-13-15(20)12-19-6-3-2-4-7-19/h14-15H,2-13H2,1H3. The van der Waals surface area contributed by atoms with Crippen LogP contribution < -0.4 is 0 Å². The van der Waals surface area contributed by atoms with E-state index in [0.29, 0.717) is 19.0 Å². The van der Waals surface area contributed by atoms with Gasteiger partial charge in [0.05, 0.1) is 12.0 Å². The molecule has 3 fully saturated rings. The van der Waals surface area contributed by atoms with Crippen LogP contribution >= 0.6 is 11.8 Å². The number of rotatable bonds is 3. The minimum Gasteiger partial charge on any atom is -0.345 e. The van der Waals surface area contributed by atoms with E-state index >= 15 is 0 Å². The van der Waals surface area contributed by atoms with Gasteiger partial charge in [0.1, 0.15) is 0 Å². The zero-order chi connectivity index (χ0) is 16.2. The Hall–Kier alpha value is -0.750. The molecule has 0 N–H and O–H groups in total. The van der Waals surface area contributed by atoms with Crippen molar-refractivity contribution < 1.29 is 9.59 Å². The number of amides is 2. The first-order valence-electron chi connectivity index (χ1n) is 8.99. The number of hydrogen-bond donors (Lipinski definition) is 0. The van der Waals surface area contributed by atoms with Crippen LogP contribution in [0.25, 0.3) is 0 Å². The molecule has 0 aliphatic carbocycles. The molecule has 3 aliphatic rings. The van der Waals surface area contributed by atoms with Crippen molar-refractivity contribution in [3.05, 3.63) is 0 Å². The molecule has 23 heavy (non-hydrogen) atoms. The zero-order valence-electron chi connectivity index (χ0n) is 14.2. The highest BCUT2D eigenvalue weighted by atomic mass is 32.2. The molecule has 130 valence electrons. The average molecular weight is 340 g/mol. The summed E-state index contributed by atoms with van der Waals surface area (Å²) in [5.41, 5.74) is 0. The second-order valence-corrected chi connectivity index (χ2v) is 8.30. The van der Waals surface area contributed by atoms with Crippen LogP contribution in [-0.2, 0) is 9.59 Å². The highest BCUT2D eigenvalue weighted by molar-refractivity contribution is 7.99. The Morgan fingerprint density at radius 2 is 1.96 bits per heavy atom. The second kappa shape index (κ2) is 7.88. The van der Waals surface area contributed by atoms with Gasteiger partial charge in [0.25, 0.3) is 0 Å². The predicted molar refractivity (Wildman–Crippen MR) is 93.5 cm³/mol. The van der Waals surface area contributed by atoms with Gasteiger partial charge >= 0.3 is 0 Å². The Morgan fingerprint density at radius 1 is 1.17 bits per heavy atom. The Balaban J connectivity index is 1.65. The van der Waals surface area contributed by atoms with Gasteiger partial charge in [-0.1, -0.05) is 6.42 Å². The van der Waals surface area contributed by atoms with Gasteiger partial charge in [-0.25, -0.2) is 0 Å². The summed E-state index contributed by atoms with van der Waals surface area (Å²) in [6, 6.07) is 0.314. The summed E-state index contributed by atoms with van der Waals surface area (Å²) in [5, 5.41) is 0. The van der Waals surface area contributed by atoms with Gasteiger partial charge in [-0.3, -0.25) is 9.59 Å². The molecule has 3 heterocycles. The number of thioether (sulfide) groups is 1. The lowest BCUT2D eigenvalue weighted by atomic mass is 10.0. The van der Waals surface area contributed by atoms with Crippen LogP contribution in [0.3, 0.4) is 0 Å². The SMILES string of the molecule is CN1CC(C(=O)N2CCCSCC2CN2CCCCC2)CC1=O. The largest absolute Gasteiger partial charge is 0.345 e. The second-order valence-electron chi connectivity index (χ2n) is 7.15. The van der Waals surface area contributed by atoms with E-state index in [0.717, 1.165) is 31.0 Å². The van der Waals surface area contributed by atoms with Crippen LogP contribution in [0.4, 0.5) is 0 Å². The lowest BCUT2D eigenvalue weighted by molar-refractivity contribution is -0.138. The van der Waals surface area contributed by atoms with Crippen molar-refractivity contribution in [3.63, 3.8) is 0 Å². The summed E-state index contributed by atoms with van der Waals surface area (Å²) >= 11 is 1.98. The third-order valence-electron chi connectivity index (χ3n) is 5.33. The molecule has 0 aromatic rings. The molecule has 0 bridgehead atoms. The number of carbonyl (C=O) groups excluding carboxylic acids is 2. The fraction of sp³-hybridized carbons (Fsp3) is 0.882. The normalized spacial score (nSPS) is 30.6. The van der Waals surface area contributed by atoms with E-state index in [4.69, 9.17) is 0 Å². The summed E-state index contributed by atoms with van der Waals surface area (Å²) < 4.78 is 0. The molecule has 2 atom stereocenters. The molecular weight excluding hydrogens is 310 g/mol. The fourth-order valence-corrected chi connectivity index (χ4v) is 5.03. The highest BCUT2D eigenvalue weighted by Gasteiger charge is 2.37. The molecule has 0 spiro atoms. The van der Waals surface area contributed by atoms with E-state index in [1.165, 1.54) is 32.4 Å². The zero-order valence-corrected chi connectivity index (χ0v) is 15.0. The predicted octanol–water partition coefficient (Wildman–Crippen LogP) is 1.28. The van der Waals surface area contributed by atoms with Crippen molar-refractivity contribution in [3.8, 4) is 0 Å². The third-order valence-corrected chi connectivity index (χ3v) is 6.53. The van der Waals surface area contributed by atoms with Gasteiger partial charge in [-0.2, -0.15) is 11.8 Å².